The normalized spacial score (nSPS) is 18.3. The summed E-state index contributed by atoms with van der Waals surface area (Å²) in [5.41, 5.74) is 0.462. The Morgan fingerprint density at radius 3 is 2.53 bits per heavy atom. The Hall–Kier alpha value is -0.970. The molecule has 80 valence electrons. The summed E-state index contributed by atoms with van der Waals surface area (Å²) in [6, 6.07) is 5.14. The van der Waals surface area contributed by atoms with E-state index in [-0.39, 0.29) is 0 Å². The maximum atomic E-state index is 9.39. The number of halogens is 2. The number of guanidine groups is 1. The highest BCUT2D eigenvalue weighted by Gasteiger charge is 2.16. The van der Waals surface area contributed by atoms with Crippen LogP contribution in [0.2, 0.25) is 10.0 Å². The quantitative estimate of drug-likeness (QED) is 0.799. The van der Waals surface area contributed by atoms with Crippen molar-refractivity contribution in [2.75, 3.05) is 13.1 Å². The molecule has 0 unspecified atom stereocenters. The Morgan fingerprint density at radius 2 is 2.00 bits per heavy atom. The minimum Gasteiger partial charge on any atom is -0.352 e. The second-order valence-electron chi connectivity index (χ2n) is 3.06. The largest absolute Gasteiger partial charge is 0.352 e. The predicted octanol–water partition coefficient (Wildman–Crippen LogP) is 2.28. The van der Waals surface area contributed by atoms with Crippen LogP contribution in [0.15, 0.2) is 23.2 Å². The van der Waals surface area contributed by atoms with Crippen LogP contribution in [0.25, 0.3) is 0 Å². The monoisotopic (exact) mass is 245 g/mol. The van der Waals surface area contributed by atoms with Gasteiger partial charge in [-0.05, 0) is 12.1 Å². The molecule has 0 atom stereocenters. The summed E-state index contributed by atoms with van der Waals surface area (Å²) in [6.07, 6.45) is 0. The molecular formula is C9H9Cl2N3O. The van der Waals surface area contributed by atoms with E-state index < -0.39 is 0 Å². The van der Waals surface area contributed by atoms with E-state index in [4.69, 9.17) is 23.2 Å². The SMILES string of the molecule is ON1CCN/C1=N\c1c(Cl)cccc1Cl. The number of nitrogens with zero attached hydrogens (tertiary/aromatic N) is 2. The summed E-state index contributed by atoms with van der Waals surface area (Å²) in [5.74, 6) is 0.366. The van der Waals surface area contributed by atoms with E-state index in [2.05, 4.69) is 10.3 Å². The lowest BCUT2D eigenvalue weighted by atomic mass is 10.3. The van der Waals surface area contributed by atoms with Crippen molar-refractivity contribution in [1.29, 1.82) is 0 Å². The minimum absolute atomic E-state index is 0.366. The average Bonchev–Trinajstić information content (AvgIpc) is 2.58. The zero-order valence-electron chi connectivity index (χ0n) is 7.74. The highest BCUT2D eigenvalue weighted by atomic mass is 35.5. The fourth-order valence-corrected chi connectivity index (χ4v) is 1.75. The fraction of sp³-hybridized carbons (Fsp3) is 0.222. The van der Waals surface area contributed by atoms with Gasteiger partial charge >= 0.3 is 0 Å². The van der Waals surface area contributed by atoms with Crippen molar-refractivity contribution < 1.29 is 5.21 Å². The maximum Gasteiger partial charge on any atom is 0.223 e. The van der Waals surface area contributed by atoms with Gasteiger partial charge in [-0.1, -0.05) is 29.3 Å². The summed E-state index contributed by atoms with van der Waals surface area (Å²) in [7, 11) is 0. The van der Waals surface area contributed by atoms with Crippen LogP contribution in [-0.4, -0.2) is 29.3 Å². The number of hydroxylamine groups is 2. The van der Waals surface area contributed by atoms with Crippen LogP contribution < -0.4 is 5.32 Å². The number of hydrogen-bond acceptors (Lipinski definition) is 2. The van der Waals surface area contributed by atoms with Crippen LogP contribution in [0, 0.1) is 0 Å². The highest BCUT2D eigenvalue weighted by molar-refractivity contribution is 6.38. The van der Waals surface area contributed by atoms with E-state index in [0.717, 1.165) is 5.06 Å². The molecule has 4 nitrogen and oxygen atoms in total. The molecule has 0 spiro atoms. The number of rotatable bonds is 1. The fourth-order valence-electron chi connectivity index (χ4n) is 1.27. The lowest BCUT2D eigenvalue weighted by molar-refractivity contribution is -0.00126. The molecule has 0 aromatic heterocycles. The van der Waals surface area contributed by atoms with Gasteiger partial charge in [0.05, 0.1) is 16.6 Å². The Bertz CT molecular complexity index is 388. The predicted molar refractivity (Wildman–Crippen MR) is 60.1 cm³/mol. The smallest absolute Gasteiger partial charge is 0.223 e. The molecule has 0 saturated carbocycles. The Balaban J connectivity index is 2.38. The molecule has 1 saturated heterocycles. The molecule has 1 aromatic rings. The molecule has 0 radical (unpaired) electrons. The maximum absolute atomic E-state index is 9.39. The highest BCUT2D eigenvalue weighted by Crippen LogP contribution is 2.32. The first-order valence-electron chi connectivity index (χ1n) is 4.41. The van der Waals surface area contributed by atoms with Crippen LogP contribution in [0.4, 0.5) is 5.69 Å². The molecule has 0 amide bonds. The first-order valence-corrected chi connectivity index (χ1v) is 5.17. The molecule has 1 aliphatic heterocycles. The van der Waals surface area contributed by atoms with Crippen LogP contribution in [0.1, 0.15) is 0 Å². The Kier molecular flexibility index (Phi) is 3.00. The summed E-state index contributed by atoms with van der Waals surface area (Å²) in [5, 5.41) is 14.2. The van der Waals surface area contributed by atoms with Crippen molar-refractivity contribution in [2.45, 2.75) is 0 Å². The molecule has 0 aliphatic carbocycles. The van der Waals surface area contributed by atoms with E-state index in [1.54, 1.807) is 18.2 Å². The van der Waals surface area contributed by atoms with Crippen molar-refractivity contribution in [3.05, 3.63) is 28.2 Å². The van der Waals surface area contributed by atoms with E-state index in [1.165, 1.54) is 0 Å². The van der Waals surface area contributed by atoms with Gasteiger partial charge in [0, 0.05) is 6.54 Å². The van der Waals surface area contributed by atoms with Crippen molar-refractivity contribution in [3.8, 4) is 0 Å². The molecule has 6 heteroatoms. The second kappa shape index (κ2) is 4.26. The average molecular weight is 246 g/mol. The van der Waals surface area contributed by atoms with E-state index in [9.17, 15) is 5.21 Å². The number of para-hydroxylation sites is 1. The number of hydrogen-bond donors (Lipinski definition) is 2. The lowest BCUT2D eigenvalue weighted by Gasteiger charge is -2.08. The number of benzene rings is 1. The van der Waals surface area contributed by atoms with Gasteiger partial charge in [-0.2, -0.15) is 0 Å². The summed E-state index contributed by atoms with van der Waals surface area (Å²) >= 11 is 11.9. The van der Waals surface area contributed by atoms with Crippen LogP contribution in [-0.2, 0) is 0 Å². The molecule has 15 heavy (non-hydrogen) atoms. The first-order chi connectivity index (χ1) is 7.18. The summed E-state index contributed by atoms with van der Waals surface area (Å²) in [6.45, 7) is 1.15. The number of aliphatic imine (C=N–C) groups is 1. The van der Waals surface area contributed by atoms with Crippen LogP contribution in [0.5, 0.6) is 0 Å². The lowest BCUT2D eigenvalue weighted by Crippen LogP contribution is -2.26. The Labute approximate surface area is 97.1 Å². The van der Waals surface area contributed by atoms with Crippen LogP contribution in [0.3, 0.4) is 0 Å². The van der Waals surface area contributed by atoms with Crippen molar-refractivity contribution >= 4 is 34.8 Å². The molecule has 2 rings (SSSR count). The molecule has 1 fully saturated rings. The number of nitrogens with one attached hydrogen (secondary N) is 1. The summed E-state index contributed by atoms with van der Waals surface area (Å²) < 4.78 is 0. The third kappa shape index (κ3) is 2.17. The van der Waals surface area contributed by atoms with Gasteiger partial charge in [0.1, 0.15) is 5.69 Å². The first kappa shape index (κ1) is 10.5. The third-order valence-corrected chi connectivity index (χ3v) is 2.62. The van der Waals surface area contributed by atoms with E-state index >= 15 is 0 Å². The van der Waals surface area contributed by atoms with Gasteiger partial charge in [-0.3, -0.25) is 5.21 Å². The van der Waals surface area contributed by atoms with Gasteiger partial charge in [0.15, 0.2) is 0 Å². The standard InChI is InChI=1S/C9H9Cl2N3O/c10-6-2-1-3-7(11)8(6)13-9-12-4-5-14(9)15/h1-3,15H,4-5H2,(H,12,13). The van der Waals surface area contributed by atoms with E-state index in [0.29, 0.717) is 34.8 Å². The second-order valence-corrected chi connectivity index (χ2v) is 3.87. The van der Waals surface area contributed by atoms with Crippen molar-refractivity contribution in [1.82, 2.24) is 10.4 Å². The van der Waals surface area contributed by atoms with Crippen molar-refractivity contribution in [3.63, 3.8) is 0 Å². The zero-order chi connectivity index (χ0) is 10.8. The van der Waals surface area contributed by atoms with Gasteiger partial charge in [-0.25, -0.2) is 10.1 Å². The van der Waals surface area contributed by atoms with Gasteiger partial charge < -0.3 is 5.32 Å². The summed E-state index contributed by atoms with van der Waals surface area (Å²) in [4.78, 5) is 4.16. The molecule has 1 aromatic carbocycles. The van der Waals surface area contributed by atoms with Crippen LogP contribution >= 0.6 is 23.2 Å². The van der Waals surface area contributed by atoms with Gasteiger partial charge in [0.25, 0.3) is 0 Å². The van der Waals surface area contributed by atoms with Gasteiger partial charge in [0.2, 0.25) is 5.96 Å². The molecular weight excluding hydrogens is 237 g/mol. The minimum atomic E-state index is 0.366. The topological polar surface area (TPSA) is 47.9 Å². The molecule has 2 N–H and O–H groups in total. The zero-order valence-corrected chi connectivity index (χ0v) is 9.26. The van der Waals surface area contributed by atoms with Crippen molar-refractivity contribution in [2.24, 2.45) is 4.99 Å². The van der Waals surface area contributed by atoms with E-state index in [1.807, 2.05) is 0 Å². The molecule has 1 aliphatic rings. The third-order valence-electron chi connectivity index (χ3n) is 2.01. The Morgan fingerprint density at radius 1 is 1.33 bits per heavy atom. The molecule has 1 heterocycles. The van der Waals surface area contributed by atoms with Gasteiger partial charge in [-0.15, -0.1) is 0 Å². The molecule has 0 bridgehead atoms.